The molecular weight excluding hydrogens is 410 g/mol. The zero-order chi connectivity index (χ0) is 19.8. The molecule has 0 atom stereocenters. The third-order valence-electron chi connectivity index (χ3n) is 4.73. The Morgan fingerprint density at radius 1 is 1.21 bits per heavy atom. The van der Waals surface area contributed by atoms with E-state index >= 15 is 0 Å². The molecule has 3 heterocycles. The molecule has 0 saturated carbocycles. The average molecular weight is 428 g/mol. The topological polar surface area (TPSA) is 75.0 Å². The molecule has 1 fully saturated rings. The van der Waals surface area contributed by atoms with Gasteiger partial charge in [0.2, 0.25) is 10.7 Å². The Morgan fingerprint density at radius 2 is 2.03 bits per heavy atom. The summed E-state index contributed by atoms with van der Waals surface area (Å²) in [6, 6.07) is 15.0. The van der Waals surface area contributed by atoms with E-state index in [1.807, 2.05) is 42.5 Å². The van der Waals surface area contributed by atoms with Crippen LogP contribution in [0.15, 0.2) is 57.7 Å². The lowest BCUT2D eigenvalue weighted by Crippen LogP contribution is -2.30. The largest absolute Gasteiger partial charge is 0.497 e. The predicted molar refractivity (Wildman–Crippen MR) is 112 cm³/mol. The Kier molecular flexibility index (Phi) is 4.75. The fourth-order valence-corrected chi connectivity index (χ4v) is 5.36. The van der Waals surface area contributed by atoms with Gasteiger partial charge in [0, 0.05) is 5.56 Å². The van der Waals surface area contributed by atoms with Crippen molar-refractivity contribution < 1.29 is 14.2 Å². The molecule has 0 aliphatic carbocycles. The van der Waals surface area contributed by atoms with Crippen LogP contribution in [0.4, 0.5) is 0 Å². The van der Waals surface area contributed by atoms with Crippen LogP contribution < -0.4 is 10.3 Å². The van der Waals surface area contributed by atoms with Crippen LogP contribution in [0, 0.1) is 0 Å². The first-order valence-electron chi connectivity index (χ1n) is 9.02. The minimum absolute atomic E-state index is 0.162. The van der Waals surface area contributed by atoms with Crippen molar-refractivity contribution in [1.82, 2.24) is 14.6 Å². The number of methoxy groups -OCH3 is 1. The van der Waals surface area contributed by atoms with Gasteiger partial charge in [-0.2, -0.15) is 4.52 Å². The third kappa shape index (κ3) is 3.29. The van der Waals surface area contributed by atoms with Crippen molar-refractivity contribution in [2.24, 2.45) is 0 Å². The van der Waals surface area contributed by atoms with Gasteiger partial charge >= 0.3 is 0 Å². The Morgan fingerprint density at radius 3 is 2.86 bits per heavy atom. The number of nitrogens with zero attached hydrogens (tertiary/aromatic N) is 3. The second-order valence-electron chi connectivity index (χ2n) is 6.47. The van der Waals surface area contributed by atoms with Crippen molar-refractivity contribution in [1.29, 1.82) is 0 Å². The Hall–Kier alpha value is -2.46. The lowest BCUT2D eigenvalue weighted by atomic mass is 10.1. The number of para-hydroxylation sites is 1. The molecule has 0 bridgehead atoms. The fraction of sp³-hybridized carbons (Fsp3) is 0.250. The van der Waals surface area contributed by atoms with Gasteiger partial charge in [-0.3, -0.25) is 4.79 Å². The number of fused-ring (bicyclic) bond motifs is 2. The van der Waals surface area contributed by atoms with E-state index in [4.69, 9.17) is 14.2 Å². The van der Waals surface area contributed by atoms with Gasteiger partial charge in [0.25, 0.3) is 5.56 Å². The summed E-state index contributed by atoms with van der Waals surface area (Å²) in [5, 5.41) is 5.03. The number of thioether (sulfide) groups is 1. The molecule has 0 N–H and O–H groups in total. The SMILES string of the molecule is COc1cccc(C2(CSc3nn4c(=O)c5ccccc5nc4s3)OCCO2)c1. The smallest absolute Gasteiger partial charge is 0.283 e. The summed E-state index contributed by atoms with van der Waals surface area (Å²) in [6.45, 7) is 1.04. The predicted octanol–water partition coefficient (Wildman–Crippen LogP) is 3.30. The van der Waals surface area contributed by atoms with Crippen LogP contribution in [0.3, 0.4) is 0 Å². The first-order chi connectivity index (χ1) is 14.2. The Balaban J connectivity index is 1.47. The summed E-state index contributed by atoms with van der Waals surface area (Å²) < 4.78 is 19.4. The van der Waals surface area contributed by atoms with Gasteiger partial charge in [0.1, 0.15) is 5.75 Å². The number of ether oxygens (including phenoxy) is 3. The highest BCUT2D eigenvalue weighted by molar-refractivity contribution is 8.01. The molecule has 2 aromatic carbocycles. The standard InChI is InChI=1S/C20H17N3O4S2/c1-25-14-6-4-5-13(11-14)20(26-9-10-27-20)12-28-19-22-23-17(24)15-7-2-3-8-16(15)21-18(23)29-19/h2-8,11H,9-10,12H2,1H3. The molecular formula is C20H17N3O4S2. The number of rotatable bonds is 5. The van der Waals surface area contributed by atoms with E-state index in [-0.39, 0.29) is 5.56 Å². The first kappa shape index (κ1) is 18.6. The van der Waals surface area contributed by atoms with Crippen molar-refractivity contribution in [3.05, 3.63) is 64.4 Å². The maximum Gasteiger partial charge on any atom is 0.283 e. The summed E-state index contributed by atoms with van der Waals surface area (Å²) in [5.74, 6) is 0.363. The van der Waals surface area contributed by atoms with Crippen molar-refractivity contribution in [2.45, 2.75) is 10.1 Å². The molecule has 0 spiro atoms. The summed E-state index contributed by atoms with van der Waals surface area (Å²) in [6.07, 6.45) is 0. The van der Waals surface area contributed by atoms with E-state index in [1.165, 1.54) is 27.6 Å². The van der Waals surface area contributed by atoms with Gasteiger partial charge in [-0.25, -0.2) is 4.98 Å². The van der Waals surface area contributed by atoms with E-state index in [2.05, 4.69) is 10.1 Å². The number of hydrogen-bond acceptors (Lipinski definition) is 8. The highest BCUT2D eigenvalue weighted by Crippen LogP contribution is 2.39. The van der Waals surface area contributed by atoms with Crippen LogP contribution in [0.5, 0.6) is 5.75 Å². The molecule has 5 rings (SSSR count). The molecule has 29 heavy (non-hydrogen) atoms. The van der Waals surface area contributed by atoms with Crippen molar-refractivity contribution in [3.8, 4) is 5.75 Å². The highest BCUT2D eigenvalue weighted by Gasteiger charge is 2.39. The zero-order valence-corrected chi connectivity index (χ0v) is 17.2. The van der Waals surface area contributed by atoms with Gasteiger partial charge in [-0.05, 0) is 24.3 Å². The monoisotopic (exact) mass is 427 g/mol. The van der Waals surface area contributed by atoms with Gasteiger partial charge in [-0.15, -0.1) is 5.10 Å². The Labute approximate surface area is 174 Å². The van der Waals surface area contributed by atoms with Crippen LogP contribution in [0.1, 0.15) is 5.56 Å². The number of hydrogen-bond donors (Lipinski definition) is 0. The second-order valence-corrected chi connectivity index (χ2v) is 8.65. The molecule has 1 aliphatic rings. The van der Waals surface area contributed by atoms with Crippen molar-refractivity contribution >= 4 is 39.0 Å². The van der Waals surface area contributed by atoms with Gasteiger partial charge in [-0.1, -0.05) is 47.4 Å². The van der Waals surface area contributed by atoms with Crippen molar-refractivity contribution in [2.75, 3.05) is 26.1 Å². The first-order valence-corrected chi connectivity index (χ1v) is 10.8. The molecule has 0 radical (unpaired) electrons. The summed E-state index contributed by atoms with van der Waals surface area (Å²) in [5.41, 5.74) is 1.40. The third-order valence-corrected chi connectivity index (χ3v) is 6.89. The van der Waals surface area contributed by atoms with Crippen LogP contribution >= 0.6 is 23.1 Å². The van der Waals surface area contributed by atoms with Gasteiger partial charge in [0.15, 0.2) is 4.34 Å². The van der Waals surface area contributed by atoms with Gasteiger partial charge in [0.05, 0.1) is 37.0 Å². The molecule has 148 valence electrons. The average Bonchev–Trinajstić information content (AvgIpc) is 3.40. The van der Waals surface area contributed by atoms with E-state index in [1.54, 1.807) is 13.2 Å². The quantitative estimate of drug-likeness (QED) is 0.452. The molecule has 1 saturated heterocycles. The molecule has 7 nitrogen and oxygen atoms in total. The maximum absolute atomic E-state index is 12.7. The van der Waals surface area contributed by atoms with E-state index in [0.29, 0.717) is 34.8 Å². The summed E-state index contributed by atoms with van der Waals surface area (Å²) in [4.78, 5) is 17.8. The van der Waals surface area contributed by atoms with Crippen LogP contribution in [0.2, 0.25) is 0 Å². The van der Waals surface area contributed by atoms with E-state index < -0.39 is 5.79 Å². The molecule has 1 aliphatic heterocycles. The van der Waals surface area contributed by atoms with Gasteiger partial charge < -0.3 is 14.2 Å². The molecule has 4 aromatic rings. The van der Waals surface area contributed by atoms with E-state index in [0.717, 1.165) is 15.7 Å². The molecule has 0 unspecified atom stereocenters. The van der Waals surface area contributed by atoms with Crippen LogP contribution in [-0.4, -0.2) is 40.7 Å². The fourth-order valence-electron chi connectivity index (χ4n) is 3.30. The molecule has 9 heteroatoms. The molecule has 0 amide bonds. The maximum atomic E-state index is 12.7. The van der Waals surface area contributed by atoms with Crippen LogP contribution in [0.25, 0.3) is 15.9 Å². The van der Waals surface area contributed by atoms with Crippen LogP contribution in [-0.2, 0) is 15.3 Å². The number of aromatic nitrogens is 3. The minimum Gasteiger partial charge on any atom is -0.497 e. The minimum atomic E-state index is -0.875. The Bertz CT molecular complexity index is 1250. The summed E-state index contributed by atoms with van der Waals surface area (Å²) >= 11 is 2.86. The lowest BCUT2D eigenvalue weighted by Gasteiger charge is -2.27. The second kappa shape index (κ2) is 7.42. The molecule has 2 aromatic heterocycles. The van der Waals surface area contributed by atoms with E-state index in [9.17, 15) is 4.79 Å². The normalized spacial score (nSPS) is 15.9. The number of benzene rings is 2. The lowest BCUT2D eigenvalue weighted by molar-refractivity contribution is -0.145. The highest BCUT2D eigenvalue weighted by atomic mass is 32.2. The van der Waals surface area contributed by atoms with Crippen molar-refractivity contribution in [3.63, 3.8) is 0 Å². The summed E-state index contributed by atoms with van der Waals surface area (Å²) in [7, 11) is 1.63. The zero-order valence-electron chi connectivity index (χ0n) is 15.5.